The number of aryl methyl sites for hydroxylation is 1. The van der Waals surface area contributed by atoms with Gasteiger partial charge in [0.15, 0.2) is 0 Å². The average Bonchev–Trinajstić information content (AvgIpc) is 3.20. The van der Waals surface area contributed by atoms with E-state index in [2.05, 4.69) is 28.9 Å². The Morgan fingerprint density at radius 1 is 1.33 bits per heavy atom. The minimum Gasteiger partial charge on any atom is -0.368 e. The smallest absolute Gasteiger partial charge is 0.224 e. The zero-order chi connectivity index (χ0) is 18.9. The molecule has 2 aromatic rings. The van der Waals surface area contributed by atoms with Crippen LogP contribution in [0.15, 0.2) is 18.9 Å². The molecule has 0 N–H and O–H groups in total. The fraction of sp³-hybridized carbons (Fsp3) is 0.632. The van der Waals surface area contributed by atoms with Crippen molar-refractivity contribution in [2.45, 2.75) is 57.6 Å². The second kappa shape index (κ2) is 7.34. The number of hydrogen-bond donors (Lipinski definition) is 0. The lowest BCUT2D eigenvalue weighted by Gasteiger charge is -2.44. The Morgan fingerprint density at radius 2 is 2.15 bits per heavy atom. The van der Waals surface area contributed by atoms with Crippen molar-refractivity contribution in [3.8, 4) is 0 Å². The average molecular weight is 370 g/mol. The van der Waals surface area contributed by atoms with E-state index in [0.29, 0.717) is 32.7 Å². The number of rotatable bonds is 4. The molecule has 4 heterocycles. The Labute approximate surface area is 159 Å². The molecule has 0 aliphatic carbocycles. The lowest BCUT2D eigenvalue weighted by molar-refractivity contribution is -0.141. The molecule has 144 valence electrons. The number of aromatic nitrogens is 5. The normalized spacial score (nSPS) is 18.7. The first kappa shape index (κ1) is 18.0. The first-order valence-corrected chi connectivity index (χ1v) is 9.68. The maximum Gasteiger partial charge on any atom is 0.224 e. The van der Waals surface area contributed by atoms with Gasteiger partial charge in [-0.3, -0.25) is 9.48 Å². The number of nitrogens with zero attached hydrogens (tertiary/aromatic N) is 6. The van der Waals surface area contributed by atoms with Crippen LogP contribution in [0.5, 0.6) is 0 Å². The number of amides is 1. The monoisotopic (exact) mass is 370 g/mol. The molecule has 8 heteroatoms. The summed E-state index contributed by atoms with van der Waals surface area (Å²) in [4.78, 5) is 27.8. The van der Waals surface area contributed by atoms with Gasteiger partial charge in [0.1, 0.15) is 24.1 Å². The molecule has 2 aliphatic heterocycles. The molecule has 2 aromatic heterocycles. The maximum atomic E-state index is 12.6. The Morgan fingerprint density at radius 3 is 2.85 bits per heavy atom. The summed E-state index contributed by atoms with van der Waals surface area (Å²) in [5.41, 5.74) is 1.86. The van der Waals surface area contributed by atoms with E-state index in [0.717, 1.165) is 30.8 Å². The molecule has 1 saturated heterocycles. The van der Waals surface area contributed by atoms with Crippen LogP contribution in [0.4, 0.5) is 0 Å². The maximum absolute atomic E-state index is 12.6. The van der Waals surface area contributed by atoms with E-state index in [-0.39, 0.29) is 17.4 Å². The second-order valence-electron chi connectivity index (χ2n) is 7.64. The lowest BCUT2D eigenvalue weighted by Crippen LogP contribution is -2.49. The summed E-state index contributed by atoms with van der Waals surface area (Å²) in [7, 11) is 0. The van der Waals surface area contributed by atoms with Gasteiger partial charge < -0.3 is 9.64 Å². The first-order valence-electron chi connectivity index (χ1n) is 9.68. The summed E-state index contributed by atoms with van der Waals surface area (Å²) in [6.07, 6.45) is 7.95. The minimum atomic E-state index is -0.372. The molecule has 0 aromatic carbocycles. The fourth-order valence-electron chi connectivity index (χ4n) is 3.92. The van der Waals surface area contributed by atoms with Gasteiger partial charge in [-0.1, -0.05) is 13.8 Å². The van der Waals surface area contributed by atoms with Crippen molar-refractivity contribution >= 4 is 5.91 Å². The van der Waals surface area contributed by atoms with Gasteiger partial charge in [-0.25, -0.2) is 15.0 Å². The Kier molecular flexibility index (Phi) is 4.90. The summed E-state index contributed by atoms with van der Waals surface area (Å²) in [6, 6.07) is 0. The molecular weight excluding hydrogens is 344 g/mol. The Hall–Kier alpha value is -2.35. The van der Waals surface area contributed by atoms with E-state index in [4.69, 9.17) is 9.72 Å². The molecule has 1 fully saturated rings. The SMILES string of the molecule is CC(C)c1ncc2c(n1)C1(CCN(C(=O)CCn3cncn3)CC1)OCC2. The summed E-state index contributed by atoms with van der Waals surface area (Å²) in [6.45, 7) is 6.85. The molecule has 0 atom stereocenters. The molecule has 0 bridgehead atoms. The van der Waals surface area contributed by atoms with Gasteiger partial charge in [-0.15, -0.1) is 0 Å². The van der Waals surface area contributed by atoms with Gasteiger partial charge in [-0.2, -0.15) is 5.10 Å². The van der Waals surface area contributed by atoms with Gasteiger partial charge in [0.25, 0.3) is 0 Å². The van der Waals surface area contributed by atoms with E-state index in [1.165, 1.54) is 11.9 Å². The number of carbonyl (C=O) groups is 1. The van der Waals surface area contributed by atoms with Crippen molar-refractivity contribution in [3.63, 3.8) is 0 Å². The van der Waals surface area contributed by atoms with Crippen molar-refractivity contribution in [2.24, 2.45) is 0 Å². The van der Waals surface area contributed by atoms with E-state index in [1.807, 2.05) is 11.1 Å². The van der Waals surface area contributed by atoms with Gasteiger partial charge in [-0.05, 0) is 24.8 Å². The highest BCUT2D eigenvalue weighted by Gasteiger charge is 2.43. The van der Waals surface area contributed by atoms with Crippen LogP contribution in [-0.4, -0.2) is 55.2 Å². The Bertz CT molecular complexity index is 797. The molecule has 0 unspecified atom stereocenters. The first-order chi connectivity index (χ1) is 13.1. The van der Waals surface area contributed by atoms with Gasteiger partial charge in [0.2, 0.25) is 5.91 Å². The largest absolute Gasteiger partial charge is 0.368 e. The zero-order valence-electron chi connectivity index (χ0n) is 16.0. The molecular formula is C19H26N6O2. The van der Waals surface area contributed by atoms with Crippen LogP contribution in [-0.2, 0) is 28.1 Å². The summed E-state index contributed by atoms with van der Waals surface area (Å²) in [5, 5.41) is 4.05. The molecule has 0 saturated carbocycles. The minimum absolute atomic E-state index is 0.155. The third-order valence-electron chi connectivity index (χ3n) is 5.53. The van der Waals surface area contributed by atoms with E-state index >= 15 is 0 Å². The van der Waals surface area contributed by atoms with Crippen LogP contribution in [0.1, 0.15) is 56.1 Å². The lowest BCUT2D eigenvalue weighted by atomic mass is 9.83. The number of carbonyl (C=O) groups excluding carboxylic acids is 1. The highest BCUT2D eigenvalue weighted by molar-refractivity contribution is 5.76. The molecule has 27 heavy (non-hydrogen) atoms. The molecule has 0 radical (unpaired) electrons. The highest BCUT2D eigenvalue weighted by atomic mass is 16.5. The summed E-state index contributed by atoms with van der Waals surface area (Å²) >= 11 is 0. The van der Waals surface area contributed by atoms with Gasteiger partial charge in [0, 0.05) is 31.6 Å². The summed E-state index contributed by atoms with van der Waals surface area (Å²) < 4.78 is 7.95. The predicted molar refractivity (Wildman–Crippen MR) is 97.9 cm³/mol. The number of ether oxygens (including phenoxy) is 1. The number of piperidine rings is 1. The van der Waals surface area contributed by atoms with Crippen molar-refractivity contribution in [1.82, 2.24) is 29.6 Å². The third-order valence-corrected chi connectivity index (χ3v) is 5.53. The molecule has 1 spiro atoms. The molecule has 8 nitrogen and oxygen atoms in total. The number of likely N-dealkylation sites (tertiary alicyclic amines) is 1. The van der Waals surface area contributed by atoms with Crippen molar-refractivity contribution in [2.75, 3.05) is 19.7 Å². The zero-order valence-corrected chi connectivity index (χ0v) is 16.0. The van der Waals surface area contributed by atoms with Crippen LogP contribution in [0.3, 0.4) is 0 Å². The van der Waals surface area contributed by atoms with Crippen LogP contribution >= 0.6 is 0 Å². The quantitative estimate of drug-likeness (QED) is 0.814. The standard InChI is InChI=1S/C19H26N6O2/c1-14(2)18-21-11-15-4-10-27-19(17(15)23-18)5-8-24(9-6-19)16(26)3-7-25-13-20-12-22-25/h11-14H,3-10H2,1-2H3. The molecule has 1 amide bonds. The van der Waals surface area contributed by atoms with E-state index < -0.39 is 0 Å². The Balaban J connectivity index is 1.44. The van der Waals surface area contributed by atoms with Crippen LogP contribution < -0.4 is 0 Å². The fourth-order valence-corrected chi connectivity index (χ4v) is 3.92. The third kappa shape index (κ3) is 3.58. The molecule has 4 rings (SSSR count). The van der Waals surface area contributed by atoms with Crippen molar-refractivity contribution in [3.05, 3.63) is 35.9 Å². The van der Waals surface area contributed by atoms with E-state index in [1.54, 1.807) is 11.0 Å². The van der Waals surface area contributed by atoms with Crippen LogP contribution in [0.25, 0.3) is 0 Å². The van der Waals surface area contributed by atoms with Crippen molar-refractivity contribution < 1.29 is 9.53 Å². The van der Waals surface area contributed by atoms with Crippen LogP contribution in [0.2, 0.25) is 0 Å². The second-order valence-corrected chi connectivity index (χ2v) is 7.64. The number of hydrogen-bond acceptors (Lipinski definition) is 6. The number of fused-ring (bicyclic) bond motifs is 2. The van der Waals surface area contributed by atoms with Crippen molar-refractivity contribution in [1.29, 1.82) is 0 Å². The highest BCUT2D eigenvalue weighted by Crippen LogP contribution is 2.40. The topological polar surface area (TPSA) is 86.0 Å². The summed E-state index contributed by atoms with van der Waals surface area (Å²) in [5.74, 6) is 1.31. The van der Waals surface area contributed by atoms with Crippen LogP contribution in [0, 0.1) is 0 Å². The van der Waals surface area contributed by atoms with E-state index in [9.17, 15) is 4.79 Å². The molecule has 2 aliphatic rings. The van der Waals surface area contributed by atoms with Gasteiger partial charge in [0.05, 0.1) is 18.8 Å². The predicted octanol–water partition coefficient (Wildman–Crippen LogP) is 1.67. The van der Waals surface area contributed by atoms with Gasteiger partial charge >= 0.3 is 0 Å².